The Morgan fingerprint density at radius 2 is 1.74 bits per heavy atom. The predicted octanol–water partition coefficient (Wildman–Crippen LogP) is 3.72. The smallest absolute Gasteiger partial charge is 0.375 e. The number of anilines is 1. The third kappa shape index (κ3) is 4.75. The van der Waals surface area contributed by atoms with Gasteiger partial charge in [0.2, 0.25) is 5.78 Å². The summed E-state index contributed by atoms with van der Waals surface area (Å²) in [4.78, 5) is 41.7. The summed E-state index contributed by atoms with van der Waals surface area (Å²) in [5, 5.41) is 0.731. The Kier molecular flexibility index (Phi) is 7.12. The number of piperidine rings is 1. The highest BCUT2D eigenvalue weighted by Crippen LogP contribution is 2.41. The molecule has 1 atom stereocenters. The first-order chi connectivity index (χ1) is 16.3. The number of esters is 1. The maximum absolute atomic E-state index is 13.5. The minimum absolute atomic E-state index is 0.122. The summed E-state index contributed by atoms with van der Waals surface area (Å²) < 4.78 is 10.2. The number of likely N-dealkylation sites (tertiary alicyclic amines) is 1. The van der Waals surface area contributed by atoms with E-state index in [1.54, 1.807) is 12.1 Å². The molecule has 2 heterocycles. The van der Waals surface area contributed by atoms with E-state index in [-0.39, 0.29) is 5.91 Å². The van der Waals surface area contributed by atoms with Crippen LogP contribution >= 0.6 is 11.6 Å². The molecule has 0 radical (unpaired) electrons. The van der Waals surface area contributed by atoms with Crippen LogP contribution in [0.1, 0.15) is 40.2 Å². The van der Waals surface area contributed by atoms with Crippen LogP contribution < -0.4 is 9.64 Å². The van der Waals surface area contributed by atoms with Crippen molar-refractivity contribution in [1.29, 1.82) is 0 Å². The monoisotopic (exact) mass is 484 g/mol. The number of nitrogens with zero attached hydrogens (tertiary/aromatic N) is 2. The van der Waals surface area contributed by atoms with Gasteiger partial charge in [-0.2, -0.15) is 0 Å². The summed E-state index contributed by atoms with van der Waals surface area (Å²) in [5.74, 6) is -1.32. The molecule has 0 aliphatic carbocycles. The number of hydrogen-bond acceptors (Lipinski definition) is 6. The molecule has 7 nitrogen and oxygen atoms in total. The van der Waals surface area contributed by atoms with Crippen LogP contribution in [0.5, 0.6) is 5.75 Å². The number of halogens is 1. The topological polar surface area (TPSA) is 76.1 Å². The van der Waals surface area contributed by atoms with Crippen molar-refractivity contribution >= 4 is 34.9 Å². The number of hydrogen-bond donors (Lipinski definition) is 0. The summed E-state index contributed by atoms with van der Waals surface area (Å²) in [6.45, 7) is 1.66. The molecule has 2 aromatic rings. The van der Waals surface area contributed by atoms with Gasteiger partial charge in [-0.25, -0.2) is 4.79 Å². The number of ketones is 1. The molecule has 2 aliphatic heterocycles. The molecule has 1 amide bonds. The lowest BCUT2D eigenvalue weighted by atomic mass is 9.89. The number of likely N-dealkylation sites (N-methyl/N-ethyl adjacent to an activating group) is 1. The maximum Gasteiger partial charge on any atom is 0.375 e. The first-order valence-corrected chi connectivity index (χ1v) is 11.8. The molecule has 2 aliphatic rings. The predicted molar refractivity (Wildman–Crippen MR) is 130 cm³/mol. The first-order valence-electron chi connectivity index (χ1n) is 11.4. The summed E-state index contributed by atoms with van der Waals surface area (Å²) in [6, 6.07) is 11.4. The molecule has 0 aromatic heterocycles. The number of carbonyl (C=O) groups excluding carboxylic acids is 3. The van der Waals surface area contributed by atoms with Crippen molar-refractivity contribution in [3.8, 4) is 5.75 Å². The molecular weight excluding hydrogens is 456 g/mol. The van der Waals surface area contributed by atoms with Crippen molar-refractivity contribution in [1.82, 2.24) is 4.90 Å². The Balaban J connectivity index is 1.50. The van der Waals surface area contributed by atoms with Gasteiger partial charge in [0.15, 0.2) is 0 Å². The van der Waals surface area contributed by atoms with Gasteiger partial charge in [0.05, 0.1) is 25.7 Å². The largest absolute Gasteiger partial charge is 0.496 e. The quantitative estimate of drug-likeness (QED) is 0.459. The van der Waals surface area contributed by atoms with Crippen LogP contribution in [0, 0.1) is 5.92 Å². The van der Waals surface area contributed by atoms with E-state index >= 15 is 0 Å². The van der Waals surface area contributed by atoms with Crippen molar-refractivity contribution in [2.75, 3.05) is 45.8 Å². The molecule has 1 fully saturated rings. The lowest BCUT2D eigenvalue weighted by Crippen LogP contribution is -2.39. The normalized spacial score (nSPS) is 17.9. The minimum atomic E-state index is -0.877. The van der Waals surface area contributed by atoms with Crippen LogP contribution in [0.25, 0.3) is 0 Å². The average molecular weight is 485 g/mol. The summed E-state index contributed by atoms with van der Waals surface area (Å²) in [7, 11) is 4.57. The number of benzene rings is 2. The Bertz CT molecular complexity index is 1090. The zero-order valence-electron chi connectivity index (χ0n) is 19.7. The third-order valence-corrected chi connectivity index (χ3v) is 7.12. The summed E-state index contributed by atoms with van der Waals surface area (Å²) in [5.41, 5.74) is 3.09. The van der Waals surface area contributed by atoms with Crippen molar-refractivity contribution in [3.63, 3.8) is 0 Å². The number of methoxy groups -OCH3 is 2. The average Bonchev–Trinajstić information content (AvgIpc) is 3.19. The minimum Gasteiger partial charge on any atom is -0.496 e. The fourth-order valence-electron chi connectivity index (χ4n) is 4.93. The van der Waals surface area contributed by atoms with E-state index in [1.807, 2.05) is 29.0 Å². The van der Waals surface area contributed by atoms with Gasteiger partial charge in [0.25, 0.3) is 5.91 Å². The molecule has 1 saturated heterocycles. The third-order valence-electron chi connectivity index (χ3n) is 6.86. The zero-order valence-corrected chi connectivity index (χ0v) is 20.4. The lowest BCUT2D eigenvalue weighted by molar-refractivity contribution is -0.152. The molecule has 4 rings (SSSR count). The van der Waals surface area contributed by atoms with Crippen molar-refractivity contribution in [2.45, 2.75) is 25.2 Å². The lowest BCUT2D eigenvalue weighted by Gasteiger charge is -2.32. The first kappa shape index (κ1) is 24.1. The van der Waals surface area contributed by atoms with Crippen LogP contribution in [-0.4, -0.2) is 63.5 Å². The second-order valence-corrected chi connectivity index (χ2v) is 9.40. The molecule has 8 heteroatoms. The molecular formula is C26H29ClN2O5. The highest BCUT2D eigenvalue weighted by Gasteiger charge is 2.38. The van der Waals surface area contributed by atoms with Gasteiger partial charge < -0.3 is 19.3 Å². The van der Waals surface area contributed by atoms with Crippen LogP contribution in [0.4, 0.5) is 5.69 Å². The van der Waals surface area contributed by atoms with Crippen molar-refractivity contribution in [3.05, 3.63) is 58.1 Å². The van der Waals surface area contributed by atoms with Crippen LogP contribution in [0.2, 0.25) is 5.02 Å². The van der Waals surface area contributed by atoms with E-state index in [0.717, 1.165) is 30.0 Å². The molecule has 180 valence electrons. The Morgan fingerprint density at radius 3 is 2.35 bits per heavy atom. The van der Waals surface area contributed by atoms with Crippen molar-refractivity contribution < 1.29 is 23.9 Å². The van der Waals surface area contributed by atoms with E-state index in [0.29, 0.717) is 42.4 Å². The second kappa shape index (κ2) is 10.1. The van der Waals surface area contributed by atoms with Gasteiger partial charge in [0, 0.05) is 43.5 Å². The fourth-order valence-corrected chi connectivity index (χ4v) is 5.06. The van der Waals surface area contributed by atoms with Crippen molar-refractivity contribution in [2.24, 2.45) is 5.92 Å². The van der Waals surface area contributed by atoms with E-state index in [2.05, 4.69) is 16.9 Å². The molecule has 34 heavy (non-hydrogen) atoms. The van der Waals surface area contributed by atoms with E-state index < -0.39 is 17.7 Å². The number of ether oxygens (including phenoxy) is 2. The SMILES string of the molecule is COC(=O)C(=O)C1CN(C)c2cc(OC)c(C(=O)N3CCC(Cc4ccc(Cl)cc4)CC3)cc21. The Labute approximate surface area is 204 Å². The van der Waals surface area contributed by atoms with Gasteiger partial charge in [-0.1, -0.05) is 23.7 Å². The summed E-state index contributed by atoms with van der Waals surface area (Å²) in [6.07, 6.45) is 2.78. The standard InChI is InChI=1S/C26H29ClN2O5/c1-28-15-21(24(30)26(32)34-3)19-13-20(23(33-2)14-22(19)28)25(31)29-10-8-17(9-11-29)12-16-4-6-18(27)7-5-16/h4-7,13-14,17,21H,8-12,15H2,1-3H3. The fraction of sp³-hybridized carbons (Fsp3) is 0.423. The van der Waals surface area contributed by atoms with Gasteiger partial charge in [-0.3, -0.25) is 9.59 Å². The second-order valence-electron chi connectivity index (χ2n) is 8.97. The molecule has 1 unspecified atom stereocenters. The highest BCUT2D eigenvalue weighted by atomic mass is 35.5. The Morgan fingerprint density at radius 1 is 1.06 bits per heavy atom. The Hall–Kier alpha value is -3.06. The number of carbonyl (C=O) groups is 3. The zero-order chi connectivity index (χ0) is 24.4. The molecule has 0 spiro atoms. The molecule has 0 saturated carbocycles. The number of fused-ring (bicyclic) bond motifs is 1. The van der Waals surface area contributed by atoms with E-state index in [4.69, 9.17) is 16.3 Å². The number of rotatable bonds is 6. The van der Waals surface area contributed by atoms with Gasteiger partial charge in [-0.15, -0.1) is 0 Å². The van der Waals surface area contributed by atoms with Gasteiger partial charge in [0.1, 0.15) is 5.75 Å². The number of Topliss-reactive ketones (excluding diaryl/α,β-unsaturated/α-hetero) is 1. The van der Waals surface area contributed by atoms with Crippen LogP contribution in [0.3, 0.4) is 0 Å². The molecule has 0 bridgehead atoms. The highest BCUT2D eigenvalue weighted by molar-refractivity contribution is 6.36. The van der Waals surface area contributed by atoms with E-state index in [9.17, 15) is 14.4 Å². The maximum atomic E-state index is 13.5. The van der Waals surface area contributed by atoms with Gasteiger partial charge >= 0.3 is 5.97 Å². The molecule has 0 N–H and O–H groups in total. The van der Waals surface area contributed by atoms with Gasteiger partial charge in [-0.05, 0) is 54.5 Å². The van der Waals surface area contributed by atoms with Crippen LogP contribution in [0.15, 0.2) is 36.4 Å². The number of amides is 1. The van der Waals surface area contributed by atoms with Crippen LogP contribution in [-0.2, 0) is 20.7 Å². The van der Waals surface area contributed by atoms with E-state index in [1.165, 1.54) is 19.8 Å². The molecule has 2 aromatic carbocycles. The summed E-state index contributed by atoms with van der Waals surface area (Å²) >= 11 is 5.99.